The van der Waals surface area contributed by atoms with Crippen LogP contribution < -0.4 is 10.6 Å². The van der Waals surface area contributed by atoms with Gasteiger partial charge in [0, 0.05) is 22.4 Å². The van der Waals surface area contributed by atoms with Crippen LogP contribution in [-0.4, -0.2) is 16.9 Å². The van der Waals surface area contributed by atoms with Crippen LogP contribution in [0.15, 0.2) is 41.1 Å². The molecule has 110 valence electrons. The second kappa shape index (κ2) is 6.72. The first kappa shape index (κ1) is 15.5. The van der Waals surface area contributed by atoms with E-state index < -0.39 is 0 Å². The molecule has 0 bridgehead atoms. The summed E-state index contributed by atoms with van der Waals surface area (Å²) >= 11 is 3.50. The van der Waals surface area contributed by atoms with Gasteiger partial charge in [0.2, 0.25) is 0 Å². The molecule has 2 aromatic rings. The Labute approximate surface area is 133 Å². The Morgan fingerprint density at radius 3 is 2.62 bits per heavy atom. The lowest BCUT2D eigenvalue weighted by Crippen LogP contribution is -2.30. The van der Waals surface area contributed by atoms with E-state index in [0.717, 1.165) is 15.8 Å². The minimum atomic E-state index is -0.119. The fourth-order valence-electron chi connectivity index (χ4n) is 1.82. The van der Waals surface area contributed by atoms with Gasteiger partial charge in [-0.2, -0.15) is 0 Å². The number of nitrogens with one attached hydrogen (secondary N) is 2. The predicted octanol–water partition coefficient (Wildman–Crippen LogP) is 4.03. The van der Waals surface area contributed by atoms with Gasteiger partial charge in [-0.1, -0.05) is 22.0 Å². The molecule has 0 unspecified atom stereocenters. The largest absolute Gasteiger partial charge is 0.354 e. The smallest absolute Gasteiger partial charge is 0.253 e. The summed E-state index contributed by atoms with van der Waals surface area (Å²) in [4.78, 5) is 16.1. The third kappa shape index (κ3) is 4.29. The number of amides is 1. The summed E-state index contributed by atoms with van der Waals surface area (Å²) in [7, 11) is 0. The van der Waals surface area contributed by atoms with E-state index in [2.05, 4.69) is 31.5 Å². The van der Waals surface area contributed by atoms with Crippen LogP contribution in [0.25, 0.3) is 0 Å². The summed E-state index contributed by atoms with van der Waals surface area (Å²) in [5, 5.41) is 6.10. The van der Waals surface area contributed by atoms with Crippen molar-refractivity contribution in [3.05, 3.63) is 52.3 Å². The topological polar surface area (TPSA) is 54.0 Å². The van der Waals surface area contributed by atoms with Gasteiger partial charge in [-0.05, 0) is 44.5 Å². The number of benzene rings is 1. The third-order valence-electron chi connectivity index (χ3n) is 2.88. The summed E-state index contributed by atoms with van der Waals surface area (Å²) in [5.74, 6) is -0.119. The summed E-state index contributed by atoms with van der Waals surface area (Å²) < 4.78 is 1.04. The van der Waals surface area contributed by atoms with Gasteiger partial charge in [0.15, 0.2) is 0 Å². The summed E-state index contributed by atoms with van der Waals surface area (Å²) in [6.45, 7) is 5.89. The van der Waals surface area contributed by atoms with Gasteiger partial charge in [0.1, 0.15) is 0 Å². The molecule has 0 atom stereocenters. The van der Waals surface area contributed by atoms with Crippen molar-refractivity contribution in [2.45, 2.75) is 26.8 Å². The van der Waals surface area contributed by atoms with Gasteiger partial charge in [0.05, 0.1) is 17.4 Å². The van der Waals surface area contributed by atoms with Gasteiger partial charge in [-0.15, -0.1) is 0 Å². The molecule has 0 saturated carbocycles. The first-order valence-electron chi connectivity index (χ1n) is 6.75. The lowest BCUT2D eigenvalue weighted by molar-refractivity contribution is 0.0943. The molecule has 0 radical (unpaired) electrons. The van der Waals surface area contributed by atoms with E-state index in [0.29, 0.717) is 5.56 Å². The number of nitrogens with zero attached hydrogens (tertiary/aromatic N) is 1. The normalized spacial score (nSPS) is 10.5. The van der Waals surface area contributed by atoms with Crippen LogP contribution in [0.5, 0.6) is 0 Å². The SMILES string of the molecule is Cc1ccc(Nc2cncc(C(=O)NC(C)C)c2)cc1Br. The minimum Gasteiger partial charge on any atom is -0.354 e. The lowest BCUT2D eigenvalue weighted by atomic mass is 10.2. The fraction of sp³-hybridized carbons (Fsp3) is 0.250. The van der Waals surface area contributed by atoms with Gasteiger partial charge in [-0.25, -0.2) is 0 Å². The zero-order valence-corrected chi connectivity index (χ0v) is 13.9. The first-order valence-corrected chi connectivity index (χ1v) is 7.54. The molecule has 21 heavy (non-hydrogen) atoms. The number of pyridine rings is 1. The second-order valence-electron chi connectivity index (χ2n) is 5.18. The highest BCUT2D eigenvalue weighted by Crippen LogP contribution is 2.23. The van der Waals surface area contributed by atoms with Crippen LogP contribution in [0.3, 0.4) is 0 Å². The van der Waals surface area contributed by atoms with Crippen LogP contribution in [-0.2, 0) is 0 Å². The van der Waals surface area contributed by atoms with Crippen LogP contribution in [0, 0.1) is 6.92 Å². The van der Waals surface area contributed by atoms with Crippen molar-refractivity contribution >= 4 is 33.2 Å². The summed E-state index contributed by atoms with van der Waals surface area (Å²) in [5.41, 5.74) is 3.43. The van der Waals surface area contributed by atoms with Crippen molar-refractivity contribution in [1.29, 1.82) is 0 Å². The molecule has 0 aliphatic heterocycles. The number of hydrogen-bond acceptors (Lipinski definition) is 3. The van der Waals surface area contributed by atoms with Crippen LogP contribution in [0.2, 0.25) is 0 Å². The van der Waals surface area contributed by atoms with Gasteiger partial charge >= 0.3 is 0 Å². The third-order valence-corrected chi connectivity index (χ3v) is 3.74. The number of anilines is 2. The number of aromatic nitrogens is 1. The molecule has 0 aliphatic rings. The van der Waals surface area contributed by atoms with Crippen LogP contribution >= 0.6 is 15.9 Å². The molecule has 0 spiro atoms. The molecule has 2 rings (SSSR count). The van der Waals surface area contributed by atoms with E-state index in [1.807, 2.05) is 39.0 Å². The first-order chi connectivity index (χ1) is 9.95. The minimum absolute atomic E-state index is 0.0992. The van der Waals surface area contributed by atoms with Crippen LogP contribution in [0.1, 0.15) is 29.8 Å². The van der Waals surface area contributed by atoms with Crippen molar-refractivity contribution in [3.63, 3.8) is 0 Å². The standard InChI is InChI=1S/C16H18BrN3O/c1-10(2)19-16(21)12-6-14(9-18-8-12)20-13-5-4-11(3)15(17)7-13/h4-10,20H,1-3H3,(H,19,21). The van der Waals surface area contributed by atoms with Gasteiger partial charge in [-0.3, -0.25) is 9.78 Å². The van der Waals surface area contributed by atoms with Gasteiger partial charge < -0.3 is 10.6 Å². The van der Waals surface area contributed by atoms with E-state index >= 15 is 0 Å². The number of carbonyl (C=O) groups is 1. The van der Waals surface area contributed by atoms with Crippen molar-refractivity contribution in [1.82, 2.24) is 10.3 Å². The zero-order valence-electron chi connectivity index (χ0n) is 12.3. The monoisotopic (exact) mass is 347 g/mol. The molecule has 1 aromatic carbocycles. The summed E-state index contributed by atoms with van der Waals surface area (Å²) in [6.07, 6.45) is 3.26. The number of halogens is 1. The van der Waals surface area contributed by atoms with Crippen molar-refractivity contribution < 1.29 is 4.79 Å². The molecular weight excluding hydrogens is 330 g/mol. The maximum Gasteiger partial charge on any atom is 0.253 e. The molecular formula is C16H18BrN3O. The fourth-order valence-corrected chi connectivity index (χ4v) is 2.19. The van der Waals surface area contributed by atoms with Crippen molar-refractivity contribution in [2.24, 2.45) is 0 Å². The van der Waals surface area contributed by atoms with Crippen molar-refractivity contribution in [3.8, 4) is 0 Å². The molecule has 1 heterocycles. The Morgan fingerprint density at radius 1 is 1.19 bits per heavy atom. The molecule has 5 heteroatoms. The quantitative estimate of drug-likeness (QED) is 0.877. The average molecular weight is 348 g/mol. The van der Waals surface area contributed by atoms with E-state index in [9.17, 15) is 4.79 Å². The molecule has 4 nitrogen and oxygen atoms in total. The Kier molecular flexibility index (Phi) is 4.96. The van der Waals surface area contributed by atoms with E-state index in [1.165, 1.54) is 5.56 Å². The second-order valence-corrected chi connectivity index (χ2v) is 6.03. The number of hydrogen-bond donors (Lipinski definition) is 2. The highest BCUT2D eigenvalue weighted by atomic mass is 79.9. The van der Waals surface area contributed by atoms with Crippen molar-refractivity contribution in [2.75, 3.05) is 5.32 Å². The molecule has 0 aliphatic carbocycles. The van der Waals surface area contributed by atoms with Gasteiger partial charge in [0.25, 0.3) is 5.91 Å². The predicted molar refractivity (Wildman–Crippen MR) is 89.0 cm³/mol. The molecule has 1 amide bonds. The van der Waals surface area contributed by atoms with Crippen LogP contribution in [0.4, 0.5) is 11.4 Å². The molecule has 2 N–H and O–H groups in total. The highest BCUT2D eigenvalue weighted by molar-refractivity contribution is 9.10. The Morgan fingerprint density at radius 2 is 1.95 bits per heavy atom. The number of carbonyl (C=O) groups excluding carboxylic acids is 1. The maximum absolute atomic E-state index is 12.0. The summed E-state index contributed by atoms with van der Waals surface area (Å²) in [6, 6.07) is 7.90. The zero-order chi connectivity index (χ0) is 15.4. The molecule has 0 saturated heterocycles. The Balaban J connectivity index is 2.17. The average Bonchev–Trinajstić information content (AvgIpc) is 2.42. The van der Waals surface area contributed by atoms with E-state index in [1.54, 1.807) is 18.5 Å². The Bertz CT molecular complexity index is 656. The van der Waals surface area contributed by atoms with E-state index in [4.69, 9.17) is 0 Å². The molecule has 1 aromatic heterocycles. The molecule has 0 fully saturated rings. The highest BCUT2D eigenvalue weighted by Gasteiger charge is 2.08. The number of rotatable bonds is 4. The number of aryl methyl sites for hydroxylation is 1. The van der Waals surface area contributed by atoms with E-state index in [-0.39, 0.29) is 11.9 Å². The Hall–Kier alpha value is -1.88. The lowest BCUT2D eigenvalue weighted by Gasteiger charge is -2.11. The maximum atomic E-state index is 12.0.